The van der Waals surface area contributed by atoms with Gasteiger partial charge in [0.15, 0.2) is 0 Å². The van der Waals surface area contributed by atoms with Crippen LogP contribution < -0.4 is 10.1 Å². The lowest BCUT2D eigenvalue weighted by atomic mass is 10.0. The number of aliphatic hydroxyl groups excluding tert-OH is 1. The molecule has 1 aliphatic heterocycles. The van der Waals surface area contributed by atoms with Crippen molar-refractivity contribution in [2.45, 2.75) is 32.0 Å². The van der Waals surface area contributed by atoms with E-state index in [4.69, 9.17) is 4.74 Å². The summed E-state index contributed by atoms with van der Waals surface area (Å²) in [5.41, 5.74) is 0.688. The Morgan fingerprint density at radius 1 is 1.30 bits per heavy atom. The van der Waals surface area contributed by atoms with Crippen LogP contribution >= 0.6 is 0 Å². The Morgan fingerprint density at radius 2 is 2.10 bits per heavy atom. The third-order valence-electron chi connectivity index (χ3n) is 3.59. The van der Waals surface area contributed by atoms with Crippen LogP contribution in [0, 0.1) is 0 Å². The van der Waals surface area contributed by atoms with Crippen molar-refractivity contribution in [2.75, 3.05) is 5.32 Å². The van der Waals surface area contributed by atoms with Crippen LogP contribution in [0.15, 0.2) is 36.4 Å². The quantitative estimate of drug-likeness (QED) is 0.902. The van der Waals surface area contributed by atoms with E-state index in [1.54, 1.807) is 0 Å². The van der Waals surface area contributed by atoms with E-state index in [0.717, 1.165) is 17.2 Å². The lowest BCUT2D eigenvalue weighted by molar-refractivity contribution is -0.128. The number of benzene rings is 2. The van der Waals surface area contributed by atoms with Crippen molar-refractivity contribution in [3.63, 3.8) is 0 Å². The fraction of sp³-hybridized carbons (Fsp3) is 0.312. The van der Waals surface area contributed by atoms with Crippen molar-refractivity contribution >= 4 is 22.4 Å². The Bertz CT molecular complexity index is 653. The highest BCUT2D eigenvalue weighted by atomic mass is 16.5. The van der Waals surface area contributed by atoms with Gasteiger partial charge in [-0.25, -0.2) is 0 Å². The number of aliphatic hydroxyl groups is 1. The number of ether oxygens (including phenoxy) is 1. The standard InChI is InChI=1S/C16H17NO3/c1-2-5-12(18)15-16(19)17-14-11-7-4-3-6-10(11)8-9-13(14)20-15/h3-4,6-9,12,15,18H,2,5H2,1H3,(H,17,19)/t12-,15-/m0/s1. The van der Waals surface area contributed by atoms with Crippen molar-refractivity contribution in [3.8, 4) is 5.75 Å². The molecule has 4 heteroatoms. The summed E-state index contributed by atoms with van der Waals surface area (Å²) in [6, 6.07) is 11.6. The second-order valence-electron chi connectivity index (χ2n) is 5.04. The lowest BCUT2D eigenvalue weighted by Gasteiger charge is -2.29. The second kappa shape index (κ2) is 5.13. The summed E-state index contributed by atoms with van der Waals surface area (Å²) in [5.74, 6) is 0.332. The molecule has 1 heterocycles. The van der Waals surface area contributed by atoms with Crippen LogP contribution in [0.1, 0.15) is 19.8 Å². The van der Waals surface area contributed by atoms with Crippen LogP contribution in [-0.4, -0.2) is 23.2 Å². The largest absolute Gasteiger partial charge is 0.476 e. The summed E-state index contributed by atoms with van der Waals surface area (Å²) in [7, 11) is 0. The minimum absolute atomic E-state index is 0.283. The summed E-state index contributed by atoms with van der Waals surface area (Å²) in [6.07, 6.45) is -0.261. The zero-order valence-corrected chi connectivity index (χ0v) is 11.3. The second-order valence-corrected chi connectivity index (χ2v) is 5.04. The Hall–Kier alpha value is -2.07. The first kappa shape index (κ1) is 12.9. The number of hydrogen-bond acceptors (Lipinski definition) is 3. The van der Waals surface area contributed by atoms with Gasteiger partial charge in [-0.05, 0) is 17.9 Å². The number of anilines is 1. The van der Waals surface area contributed by atoms with Gasteiger partial charge < -0.3 is 15.2 Å². The van der Waals surface area contributed by atoms with E-state index in [0.29, 0.717) is 17.9 Å². The van der Waals surface area contributed by atoms with Gasteiger partial charge in [-0.1, -0.05) is 43.7 Å². The summed E-state index contributed by atoms with van der Waals surface area (Å²) < 4.78 is 5.70. The van der Waals surface area contributed by atoms with Crippen molar-refractivity contribution < 1.29 is 14.6 Å². The normalized spacial score (nSPS) is 19.1. The molecule has 2 aromatic rings. The van der Waals surface area contributed by atoms with Gasteiger partial charge in [0.05, 0.1) is 5.69 Å². The number of nitrogens with one attached hydrogen (secondary N) is 1. The van der Waals surface area contributed by atoms with Gasteiger partial charge in [0.1, 0.15) is 11.9 Å². The third kappa shape index (κ3) is 2.12. The predicted octanol–water partition coefficient (Wildman–Crippen LogP) is 2.70. The van der Waals surface area contributed by atoms with Gasteiger partial charge >= 0.3 is 0 Å². The molecule has 1 amide bonds. The molecule has 20 heavy (non-hydrogen) atoms. The Morgan fingerprint density at radius 3 is 2.90 bits per heavy atom. The van der Waals surface area contributed by atoms with Crippen LogP contribution in [0.5, 0.6) is 5.75 Å². The predicted molar refractivity (Wildman–Crippen MR) is 77.9 cm³/mol. The molecule has 0 radical (unpaired) electrons. The Labute approximate surface area is 117 Å². The zero-order valence-electron chi connectivity index (χ0n) is 11.3. The molecule has 0 saturated heterocycles. The maximum Gasteiger partial charge on any atom is 0.268 e. The SMILES string of the molecule is CCC[C@H](O)[C@@H]1Oc2ccc3ccccc3c2NC1=O. The van der Waals surface area contributed by atoms with Crippen LogP contribution in [0.4, 0.5) is 5.69 Å². The number of hydrogen-bond donors (Lipinski definition) is 2. The molecule has 0 spiro atoms. The van der Waals surface area contributed by atoms with E-state index in [9.17, 15) is 9.90 Å². The highest BCUT2D eigenvalue weighted by Crippen LogP contribution is 2.37. The first-order valence-corrected chi connectivity index (χ1v) is 6.88. The van der Waals surface area contributed by atoms with Gasteiger partial charge in [-0.3, -0.25) is 4.79 Å². The van der Waals surface area contributed by atoms with Gasteiger partial charge in [0.25, 0.3) is 5.91 Å². The maximum absolute atomic E-state index is 12.1. The maximum atomic E-state index is 12.1. The summed E-state index contributed by atoms with van der Waals surface area (Å²) in [4.78, 5) is 12.1. The molecule has 4 nitrogen and oxygen atoms in total. The number of rotatable bonds is 3. The third-order valence-corrected chi connectivity index (χ3v) is 3.59. The number of fused-ring (bicyclic) bond motifs is 3. The Kier molecular flexibility index (Phi) is 3.32. The number of carbonyl (C=O) groups excluding carboxylic acids is 1. The molecule has 1 aliphatic rings. The number of carbonyl (C=O) groups is 1. The summed E-state index contributed by atoms with van der Waals surface area (Å²) >= 11 is 0. The summed E-state index contributed by atoms with van der Waals surface area (Å²) in [6.45, 7) is 1.96. The molecule has 0 aromatic heterocycles. The molecule has 104 valence electrons. The van der Waals surface area contributed by atoms with E-state index < -0.39 is 12.2 Å². The van der Waals surface area contributed by atoms with E-state index in [1.165, 1.54) is 0 Å². The molecule has 2 aromatic carbocycles. The molecule has 0 fully saturated rings. The minimum atomic E-state index is -0.830. The smallest absolute Gasteiger partial charge is 0.268 e. The monoisotopic (exact) mass is 271 g/mol. The van der Waals surface area contributed by atoms with Crippen molar-refractivity contribution in [1.29, 1.82) is 0 Å². The fourth-order valence-corrected chi connectivity index (χ4v) is 2.56. The highest BCUT2D eigenvalue weighted by molar-refractivity contribution is 6.07. The molecule has 2 N–H and O–H groups in total. The summed E-state index contributed by atoms with van der Waals surface area (Å²) in [5, 5.41) is 14.9. The van der Waals surface area contributed by atoms with Gasteiger partial charge in [-0.15, -0.1) is 0 Å². The average molecular weight is 271 g/mol. The molecule has 3 rings (SSSR count). The first-order chi connectivity index (χ1) is 9.70. The molecular formula is C16H17NO3. The molecule has 0 bridgehead atoms. The molecule has 2 atom stereocenters. The minimum Gasteiger partial charge on any atom is -0.476 e. The topological polar surface area (TPSA) is 58.6 Å². The number of amides is 1. The van der Waals surface area contributed by atoms with Gasteiger partial charge in [0.2, 0.25) is 6.10 Å². The average Bonchev–Trinajstić information content (AvgIpc) is 2.46. The van der Waals surface area contributed by atoms with Crippen molar-refractivity contribution in [2.24, 2.45) is 0 Å². The zero-order chi connectivity index (χ0) is 14.1. The highest BCUT2D eigenvalue weighted by Gasteiger charge is 2.33. The van der Waals surface area contributed by atoms with Gasteiger partial charge in [-0.2, -0.15) is 0 Å². The van der Waals surface area contributed by atoms with Crippen molar-refractivity contribution in [1.82, 2.24) is 0 Å². The molecule has 0 saturated carbocycles. The van der Waals surface area contributed by atoms with E-state index >= 15 is 0 Å². The van der Waals surface area contributed by atoms with Crippen LogP contribution in [0.25, 0.3) is 10.8 Å². The van der Waals surface area contributed by atoms with Crippen LogP contribution in [0.3, 0.4) is 0 Å². The van der Waals surface area contributed by atoms with E-state index in [1.807, 2.05) is 43.3 Å². The fourth-order valence-electron chi connectivity index (χ4n) is 2.56. The molecule has 0 unspecified atom stereocenters. The first-order valence-electron chi connectivity index (χ1n) is 6.88. The van der Waals surface area contributed by atoms with E-state index in [-0.39, 0.29) is 5.91 Å². The van der Waals surface area contributed by atoms with Gasteiger partial charge in [0, 0.05) is 5.39 Å². The lowest BCUT2D eigenvalue weighted by Crippen LogP contribution is -2.45. The Balaban J connectivity index is 2.00. The van der Waals surface area contributed by atoms with Crippen LogP contribution in [-0.2, 0) is 4.79 Å². The van der Waals surface area contributed by atoms with Crippen molar-refractivity contribution in [3.05, 3.63) is 36.4 Å². The van der Waals surface area contributed by atoms with Crippen LogP contribution in [0.2, 0.25) is 0 Å². The molecular weight excluding hydrogens is 254 g/mol. The van der Waals surface area contributed by atoms with E-state index in [2.05, 4.69) is 5.32 Å². The molecule has 0 aliphatic carbocycles.